The zero-order chi connectivity index (χ0) is 23.5. The van der Waals surface area contributed by atoms with Crippen LogP contribution in [0.4, 0.5) is 17.5 Å². The minimum atomic E-state index is 0.581. The second kappa shape index (κ2) is 9.50. The number of hydrogen-bond donors (Lipinski definition) is 2. The van der Waals surface area contributed by atoms with Crippen molar-refractivity contribution in [2.24, 2.45) is 11.7 Å². The van der Waals surface area contributed by atoms with Crippen molar-refractivity contribution in [2.45, 2.75) is 19.8 Å². The van der Waals surface area contributed by atoms with Crippen molar-refractivity contribution >= 4 is 28.4 Å². The summed E-state index contributed by atoms with van der Waals surface area (Å²) in [4.78, 5) is 12.2. The summed E-state index contributed by atoms with van der Waals surface area (Å²) in [6.07, 6.45) is 2.15. The van der Waals surface area contributed by atoms with Crippen LogP contribution >= 0.6 is 0 Å². The molecule has 3 N–H and O–H groups in total. The quantitative estimate of drug-likeness (QED) is 0.425. The number of piperidine rings is 1. The van der Waals surface area contributed by atoms with Crippen molar-refractivity contribution < 1.29 is 0 Å². The minimum absolute atomic E-state index is 0.581. The summed E-state index contributed by atoms with van der Waals surface area (Å²) in [5, 5.41) is 13.5. The number of nitriles is 1. The van der Waals surface area contributed by atoms with Crippen molar-refractivity contribution in [1.82, 2.24) is 9.97 Å². The smallest absolute Gasteiger partial charge is 0.229 e. The van der Waals surface area contributed by atoms with E-state index >= 15 is 0 Å². The first-order chi connectivity index (χ1) is 16.6. The minimum Gasteiger partial charge on any atom is -0.356 e. The average molecular weight is 449 g/mol. The number of nitrogens with one attached hydrogen (secondary N) is 1. The van der Waals surface area contributed by atoms with Crippen LogP contribution in [-0.4, -0.2) is 29.6 Å². The lowest BCUT2D eigenvalue weighted by Gasteiger charge is -2.33. The van der Waals surface area contributed by atoms with Gasteiger partial charge in [0.15, 0.2) is 0 Å². The summed E-state index contributed by atoms with van der Waals surface area (Å²) in [6, 6.07) is 24.4. The average Bonchev–Trinajstić information content (AvgIpc) is 2.89. The number of aromatic nitrogens is 2. The van der Waals surface area contributed by atoms with Crippen LogP contribution in [-0.2, 0) is 0 Å². The number of rotatable bonds is 5. The van der Waals surface area contributed by atoms with E-state index in [0.29, 0.717) is 17.4 Å². The third-order valence-electron chi connectivity index (χ3n) is 6.58. The first kappa shape index (κ1) is 21.9. The lowest BCUT2D eigenvalue weighted by atomic mass is 9.96. The number of anilines is 3. The third kappa shape index (κ3) is 4.57. The Labute approximate surface area is 200 Å². The molecule has 0 aliphatic carbocycles. The number of nitrogens with zero attached hydrogens (tertiary/aromatic N) is 4. The molecule has 170 valence electrons. The molecule has 0 bridgehead atoms. The van der Waals surface area contributed by atoms with Crippen molar-refractivity contribution in [1.29, 1.82) is 5.26 Å². The molecular weight excluding hydrogens is 420 g/mol. The molecule has 0 unspecified atom stereocenters. The Morgan fingerprint density at radius 1 is 0.971 bits per heavy atom. The van der Waals surface area contributed by atoms with E-state index < -0.39 is 0 Å². The van der Waals surface area contributed by atoms with Crippen LogP contribution in [0.5, 0.6) is 0 Å². The van der Waals surface area contributed by atoms with Crippen LogP contribution in [0.15, 0.2) is 66.7 Å². The van der Waals surface area contributed by atoms with E-state index in [1.54, 1.807) is 0 Å². The summed E-state index contributed by atoms with van der Waals surface area (Å²) < 4.78 is 0. The van der Waals surface area contributed by atoms with E-state index in [1.165, 1.54) is 5.56 Å². The van der Waals surface area contributed by atoms with Gasteiger partial charge >= 0.3 is 0 Å². The Morgan fingerprint density at radius 2 is 1.68 bits per heavy atom. The summed E-state index contributed by atoms with van der Waals surface area (Å²) in [5.41, 5.74) is 11.7. The first-order valence-corrected chi connectivity index (χ1v) is 11.7. The molecule has 5 rings (SSSR count). The number of hydrogen-bond acceptors (Lipinski definition) is 6. The third-order valence-corrected chi connectivity index (χ3v) is 6.58. The molecule has 0 amide bonds. The highest BCUT2D eigenvalue weighted by Crippen LogP contribution is 2.32. The zero-order valence-electron chi connectivity index (χ0n) is 19.3. The Balaban J connectivity index is 1.56. The van der Waals surface area contributed by atoms with Crippen LogP contribution in [0.25, 0.3) is 22.0 Å². The lowest BCUT2D eigenvalue weighted by molar-refractivity contribution is 0.413. The molecule has 0 radical (unpaired) electrons. The monoisotopic (exact) mass is 448 g/mol. The number of nitrogens with two attached hydrogens (primary N) is 1. The van der Waals surface area contributed by atoms with Gasteiger partial charge in [-0.05, 0) is 79.8 Å². The molecule has 2 heterocycles. The summed E-state index contributed by atoms with van der Waals surface area (Å²) in [5.74, 6) is 2.13. The van der Waals surface area contributed by atoms with Crippen molar-refractivity contribution in [3.63, 3.8) is 0 Å². The topological polar surface area (TPSA) is 90.9 Å². The maximum Gasteiger partial charge on any atom is 0.229 e. The van der Waals surface area contributed by atoms with Crippen LogP contribution in [0.1, 0.15) is 24.0 Å². The predicted octanol–water partition coefficient (Wildman–Crippen LogP) is 5.40. The maximum atomic E-state index is 9.11. The summed E-state index contributed by atoms with van der Waals surface area (Å²) in [6.45, 7) is 4.70. The van der Waals surface area contributed by atoms with Gasteiger partial charge < -0.3 is 16.0 Å². The molecule has 1 aromatic heterocycles. The number of aryl methyl sites for hydroxylation is 1. The predicted molar refractivity (Wildman–Crippen MR) is 138 cm³/mol. The van der Waals surface area contributed by atoms with Crippen LogP contribution < -0.4 is 16.0 Å². The Bertz CT molecular complexity index is 1330. The maximum absolute atomic E-state index is 9.11. The fraction of sp³-hybridized carbons (Fsp3) is 0.250. The van der Waals surface area contributed by atoms with Crippen molar-refractivity contribution in [3.05, 3.63) is 77.9 Å². The van der Waals surface area contributed by atoms with Gasteiger partial charge in [-0.1, -0.05) is 35.9 Å². The van der Waals surface area contributed by atoms with Crippen molar-refractivity contribution in [2.75, 3.05) is 29.9 Å². The van der Waals surface area contributed by atoms with Crippen LogP contribution in [0.2, 0.25) is 0 Å². The molecule has 0 saturated carbocycles. The van der Waals surface area contributed by atoms with Gasteiger partial charge in [-0.15, -0.1) is 0 Å². The molecule has 1 fully saturated rings. The second-order valence-electron chi connectivity index (χ2n) is 8.95. The lowest BCUT2D eigenvalue weighted by Crippen LogP contribution is -2.36. The first-order valence-electron chi connectivity index (χ1n) is 11.7. The molecule has 4 aromatic rings. The SMILES string of the molecule is Cc1ccc(Nc2nc(N3CCC(CN)CC3)c3ccc(-c4ccc(C#N)cc4)cc3n2)cc1. The highest BCUT2D eigenvalue weighted by molar-refractivity contribution is 5.93. The Morgan fingerprint density at radius 3 is 2.35 bits per heavy atom. The fourth-order valence-corrected chi connectivity index (χ4v) is 4.47. The largest absolute Gasteiger partial charge is 0.356 e. The summed E-state index contributed by atoms with van der Waals surface area (Å²) >= 11 is 0. The standard InChI is InChI=1S/C28H28N6/c1-19-2-9-24(10-3-19)31-28-32-26-16-23(22-6-4-20(17-29)5-7-22)8-11-25(26)27(33-28)34-14-12-21(18-30)13-15-34/h2-11,16,21H,12-15,18,30H2,1H3,(H,31,32,33). The number of fused-ring (bicyclic) bond motifs is 1. The van der Waals surface area contributed by atoms with E-state index in [1.807, 2.05) is 36.4 Å². The normalized spacial score (nSPS) is 14.2. The van der Waals surface area contributed by atoms with Crippen molar-refractivity contribution in [3.8, 4) is 17.2 Å². The zero-order valence-corrected chi connectivity index (χ0v) is 19.3. The molecule has 34 heavy (non-hydrogen) atoms. The van der Waals surface area contributed by atoms with Gasteiger partial charge in [-0.3, -0.25) is 0 Å². The molecule has 6 heteroatoms. The van der Waals surface area contributed by atoms with E-state index in [4.69, 9.17) is 21.0 Å². The van der Waals surface area contributed by atoms with Gasteiger partial charge in [0.25, 0.3) is 0 Å². The Hall–Kier alpha value is -3.95. The van der Waals surface area contributed by atoms with E-state index in [9.17, 15) is 0 Å². The molecule has 1 aliphatic rings. The van der Waals surface area contributed by atoms with E-state index in [2.05, 4.69) is 53.5 Å². The summed E-state index contributed by atoms with van der Waals surface area (Å²) in [7, 11) is 0. The highest BCUT2D eigenvalue weighted by Gasteiger charge is 2.22. The van der Waals surface area contributed by atoms with E-state index in [-0.39, 0.29) is 0 Å². The van der Waals surface area contributed by atoms with Gasteiger partial charge in [-0.2, -0.15) is 10.2 Å². The molecule has 0 spiro atoms. The van der Waals surface area contributed by atoms with Gasteiger partial charge in [0.1, 0.15) is 5.82 Å². The van der Waals surface area contributed by atoms with Gasteiger partial charge in [0, 0.05) is 24.2 Å². The molecule has 1 saturated heterocycles. The molecular formula is C28H28N6. The van der Waals surface area contributed by atoms with E-state index in [0.717, 1.165) is 66.0 Å². The van der Waals surface area contributed by atoms with Gasteiger partial charge in [-0.25, -0.2) is 4.98 Å². The molecule has 0 atom stereocenters. The van der Waals surface area contributed by atoms with Crippen LogP contribution in [0, 0.1) is 24.2 Å². The molecule has 1 aliphatic heterocycles. The van der Waals surface area contributed by atoms with Gasteiger partial charge in [0.05, 0.1) is 17.1 Å². The Kier molecular flexibility index (Phi) is 6.11. The van der Waals surface area contributed by atoms with Gasteiger partial charge in [0.2, 0.25) is 5.95 Å². The highest BCUT2D eigenvalue weighted by atomic mass is 15.2. The molecule has 3 aromatic carbocycles. The number of benzene rings is 3. The molecule has 6 nitrogen and oxygen atoms in total. The van der Waals surface area contributed by atoms with Crippen LogP contribution in [0.3, 0.4) is 0 Å². The second-order valence-corrected chi connectivity index (χ2v) is 8.95. The fourth-order valence-electron chi connectivity index (χ4n) is 4.47.